The quantitative estimate of drug-likeness (QED) is 0.789. The van der Waals surface area contributed by atoms with Gasteiger partial charge in [0.2, 0.25) is 0 Å². The third-order valence-corrected chi connectivity index (χ3v) is 2.99. The molecule has 0 saturated carbocycles. The molecule has 16 heavy (non-hydrogen) atoms. The highest BCUT2D eigenvalue weighted by molar-refractivity contribution is 5.50. The number of benzene rings is 1. The minimum absolute atomic E-state index is 0.0996. The molecule has 1 aliphatic heterocycles. The monoisotopic (exact) mass is 226 g/mol. The Kier molecular flexibility index (Phi) is 3.10. The summed E-state index contributed by atoms with van der Waals surface area (Å²) in [6, 6.07) is 4.35. The number of para-hydroxylation sites is 1. The van der Waals surface area contributed by atoms with Crippen LogP contribution in [0, 0.1) is 11.6 Å². The maximum absolute atomic E-state index is 13.6. The summed E-state index contributed by atoms with van der Waals surface area (Å²) < 4.78 is 27.3. The average Bonchev–Trinajstić information content (AvgIpc) is 2.23. The number of anilines is 1. The highest BCUT2D eigenvalue weighted by Gasteiger charge is 2.26. The van der Waals surface area contributed by atoms with Crippen molar-refractivity contribution in [3.05, 3.63) is 29.8 Å². The molecule has 2 rings (SSSR count). The first kappa shape index (κ1) is 11.3. The van der Waals surface area contributed by atoms with Crippen LogP contribution in [-0.4, -0.2) is 25.2 Å². The average molecular weight is 226 g/mol. The van der Waals surface area contributed by atoms with Crippen molar-refractivity contribution in [3.8, 4) is 0 Å². The molecule has 1 aromatic rings. The highest BCUT2D eigenvalue weighted by Crippen LogP contribution is 2.26. The molecule has 1 aliphatic rings. The molecule has 2 atom stereocenters. The van der Waals surface area contributed by atoms with Crippen molar-refractivity contribution in [2.75, 3.05) is 18.0 Å². The van der Waals surface area contributed by atoms with Crippen LogP contribution < -0.4 is 10.2 Å². The smallest absolute Gasteiger partial charge is 0.149 e. The minimum atomic E-state index is -0.485. The Hall–Kier alpha value is -1.16. The predicted molar refractivity (Wildman–Crippen MR) is 60.6 cm³/mol. The number of halogens is 2. The summed E-state index contributed by atoms with van der Waals surface area (Å²) in [5.74, 6) is -0.970. The summed E-state index contributed by atoms with van der Waals surface area (Å²) in [4.78, 5) is 1.80. The summed E-state index contributed by atoms with van der Waals surface area (Å²) in [5.41, 5.74) is 0.100. The lowest BCUT2D eigenvalue weighted by Gasteiger charge is -2.39. The summed E-state index contributed by atoms with van der Waals surface area (Å²) in [5, 5.41) is 3.28. The van der Waals surface area contributed by atoms with E-state index in [0.29, 0.717) is 6.54 Å². The largest absolute Gasteiger partial charge is 0.361 e. The molecule has 88 valence electrons. The van der Waals surface area contributed by atoms with Crippen molar-refractivity contribution in [1.82, 2.24) is 5.32 Å². The lowest BCUT2D eigenvalue weighted by molar-refractivity contribution is 0.414. The Morgan fingerprint density at radius 2 is 1.88 bits per heavy atom. The fraction of sp³-hybridized carbons (Fsp3) is 0.500. The molecule has 0 aromatic heterocycles. The predicted octanol–water partition coefficient (Wildman–Crippen LogP) is 2.15. The van der Waals surface area contributed by atoms with E-state index in [0.717, 1.165) is 6.54 Å². The third-order valence-electron chi connectivity index (χ3n) is 2.99. The summed E-state index contributed by atoms with van der Waals surface area (Å²) in [6.07, 6.45) is 0. The lowest BCUT2D eigenvalue weighted by Crippen LogP contribution is -2.55. The van der Waals surface area contributed by atoms with E-state index in [4.69, 9.17) is 0 Å². The Morgan fingerprint density at radius 3 is 2.50 bits per heavy atom. The number of hydrogen-bond donors (Lipinski definition) is 1. The van der Waals surface area contributed by atoms with Crippen molar-refractivity contribution in [2.24, 2.45) is 0 Å². The van der Waals surface area contributed by atoms with Gasteiger partial charge < -0.3 is 10.2 Å². The molecular weight excluding hydrogens is 210 g/mol. The van der Waals surface area contributed by atoms with Crippen LogP contribution in [-0.2, 0) is 0 Å². The van der Waals surface area contributed by atoms with Crippen molar-refractivity contribution in [2.45, 2.75) is 25.9 Å². The van der Waals surface area contributed by atoms with Gasteiger partial charge in [0.15, 0.2) is 0 Å². The third kappa shape index (κ3) is 2.02. The van der Waals surface area contributed by atoms with Crippen LogP contribution in [0.2, 0.25) is 0 Å². The number of nitrogens with zero attached hydrogens (tertiary/aromatic N) is 1. The van der Waals surface area contributed by atoms with Crippen LogP contribution in [0.5, 0.6) is 0 Å². The minimum Gasteiger partial charge on any atom is -0.361 e. The van der Waals surface area contributed by atoms with E-state index in [1.165, 1.54) is 18.2 Å². The molecule has 0 radical (unpaired) electrons. The number of hydrogen-bond acceptors (Lipinski definition) is 2. The van der Waals surface area contributed by atoms with Crippen molar-refractivity contribution in [1.29, 1.82) is 0 Å². The molecule has 2 unspecified atom stereocenters. The SMILES string of the molecule is CC1CN(c2c(F)cccc2F)C(C)CN1. The van der Waals surface area contributed by atoms with E-state index in [-0.39, 0.29) is 17.8 Å². The molecule has 0 bridgehead atoms. The van der Waals surface area contributed by atoms with Gasteiger partial charge in [0, 0.05) is 25.2 Å². The van der Waals surface area contributed by atoms with Crippen LogP contribution in [0.1, 0.15) is 13.8 Å². The molecule has 1 fully saturated rings. The van der Waals surface area contributed by atoms with Gasteiger partial charge in [-0.05, 0) is 26.0 Å². The molecule has 1 heterocycles. The van der Waals surface area contributed by atoms with Crippen LogP contribution in [0.3, 0.4) is 0 Å². The lowest BCUT2D eigenvalue weighted by atomic mass is 10.1. The second-order valence-electron chi connectivity index (χ2n) is 4.38. The molecule has 0 spiro atoms. The highest BCUT2D eigenvalue weighted by atomic mass is 19.1. The van der Waals surface area contributed by atoms with Crippen molar-refractivity contribution < 1.29 is 8.78 Å². The first-order chi connectivity index (χ1) is 7.59. The summed E-state index contributed by atoms with van der Waals surface area (Å²) >= 11 is 0. The van der Waals surface area contributed by atoms with Gasteiger partial charge in [-0.1, -0.05) is 6.07 Å². The number of rotatable bonds is 1. The van der Waals surface area contributed by atoms with E-state index in [2.05, 4.69) is 5.32 Å². The fourth-order valence-electron chi connectivity index (χ4n) is 2.10. The van der Waals surface area contributed by atoms with Gasteiger partial charge in [-0.3, -0.25) is 0 Å². The topological polar surface area (TPSA) is 15.3 Å². The summed E-state index contributed by atoms with van der Waals surface area (Å²) in [6.45, 7) is 5.34. The Bertz CT molecular complexity index is 361. The Balaban J connectivity index is 2.35. The van der Waals surface area contributed by atoms with Crippen LogP contribution in [0.15, 0.2) is 18.2 Å². The Labute approximate surface area is 94.3 Å². The molecule has 0 amide bonds. The van der Waals surface area contributed by atoms with Crippen LogP contribution >= 0.6 is 0 Å². The zero-order chi connectivity index (χ0) is 11.7. The van der Waals surface area contributed by atoms with Crippen molar-refractivity contribution >= 4 is 5.69 Å². The van der Waals surface area contributed by atoms with Crippen LogP contribution in [0.4, 0.5) is 14.5 Å². The molecule has 2 nitrogen and oxygen atoms in total. The standard InChI is InChI=1S/C12H16F2N2/c1-8-7-16(9(2)6-15-8)12-10(13)4-3-5-11(12)14/h3-5,8-9,15H,6-7H2,1-2H3. The van der Waals surface area contributed by atoms with Gasteiger partial charge in [0.1, 0.15) is 17.3 Å². The van der Waals surface area contributed by atoms with Crippen LogP contribution in [0.25, 0.3) is 0 Å². The van der Waals surface area contributed by atoms with E-state index in [1.807, 2.05) is 13.8 Å². The zero-order valence-corrected chi connectivity index (χ0v) is 9.50. The Morgan fingerprint density at radius 1 is 1.25 bits per heavy atom. The van der Waals surface area contributed by atoms with Gasteiger partial charge in [0.05, 0.1) is 0 Å². The van der Waals surface area contributed by atoms with Crippen molar-refractivity contribution in [3.63, 3.8) is 0 Å². The van der Waals surface area contributed by atoms with Gasteiger partial charge >= 0.3 is 0 Å². The van der Waals surface area contributed by atoms with Gasteiger partial charge in [0.25, 0.3) is 0 Å². The molecule has 1 saturated heterocycles. The van der Waals surface area contributed by atoms with Gasteiger partial charge in [-0.15, -0.1) is 0 Å². The van der Waals surface area contributed by atoms with E-state index >= 15 is 0 Å². The molecule has 1 aromatic carbocycles. The zero-order valence-electron chi connectivity index (χ0n) is 9.50. The maximum Gasteiger partial charge on any atom is 0.149 e. The molecule has 0 aliphatic carbocycles. The number of nitrogens with one attached hydrogen (secondary N) is 1. The second-order valence-corrected chi connectivity index (χ2v) is 4.38. The van der Waals surface area contributed by atoms with E-state index < -0.39 is 11.6 Å². The first-order valence-electron chi connectivity index (χ1n) is 5.53. The molecule has 1 N–H and O–H groups in total. The van der Waals surface area contributed by atoms with E-state index in [9.17, 15) is 8.78 Å². The normalized spacial score (nSPS) is 25.9. The van der Waals surface area contributed by atoms with Gasteiger partial charge in [-0.2, -0.15) is 0 Å². The van der Waals surface area contributed by atoms with Gasteiger partial charge in [-0.25, -0.2) is 8.78 Å². The fourth-order valence-corrected chi connectivity index (χ4v) is 2.10. The first-order valence-corrected chi connectivity index (χ1v) is 5.53. The molecular formula is C12H16F2N2. The summed E-state index contributed by atoms with van der Waals surface area (Å²) in [7, 11) is 0. The second kappa shape index (κ2) is 4.37. The molecule has 4 heteroatoms. The number of piperazine rings is 1. The van der Waals surface area contributed by atoms with E-state index in [1.54, 1.807) is 4.90 Å². The maximum atomic E-state index is 13.6.